The molecule has 1 N–H and O–H groups in total. The molecule has 0 fully saturated rings. The van der Waals surface area contributed by atoms with E-state index >= 15 is 0 Å². The first-order valence-electron chi connectivity index (χ1n) is 7.89. The van der Waals surface area contributed by atoms with Crippen LogP contribution in [0.5, 0.6) is 5.75 Å². The van der Waals surface area contributed by atoms with Crippen molar-refractivity contribution in [2.45, 2.75) is 19.9 Å². The number of benzene rings is 1. The highest BCUT2D eigenvalue weighted by molar-refractivity contribution is 7.10. The number of hydrogen-bond donors (Lipinski definition) is 1. The molecular formula is C18H24N2O2S. The molecule has 4 nitrogen and oxygen atoms in total. The first-order valence-corrected chi connectivity index (χ1v) is 8.77. The molecule has 1 heterocycles. The SMILES string of the molecule is CCN(CC)C(CNC(=O)c1cccc(OC)c1)c1cccs1. The molecule has 0 spiro atoms. The van der Waals surface area contributed by atoms with E-state index < -0.39 is 0 Å². The molecule has 23 heavy (non-hydrogen) atoms. The second-order valence-corrected chi connectivity index (χ2v) is 6.17. The van der Waals surface area contributed by atoms with Gasteiger partial charge >= 0.3 is 0 Å². The number of likely N-dealkylation sites (N-methyl/N-ethyl adjacent to an activating group) is 1. The van der Waals surface area contributed by atoms with Crippen molar-refractivity contribution in [3.63, 3.8) is 0 Å². The molecular weight excluding hydrogens is 308 g/mol. The maximum Gasteiger partial charge on any atom is 0.251 e. The Kier molecular flexibility index (Phi) is 6.62. The van der Waals surface area contributed by atoms with E-state index in [1.54, 1.807) is 30.6 Å². The number of nitrogens with zero attached hydrogens (tertiary/aromatic N) is 1. The smallest absolute Gasteiger partial charge is 0.251 e. The Balaban J connectivity index is 2.07. The standard InChI is InChI=1S/C18H24N2O2S/c1-4-20(5-2)16(17-10-7-11-23-17)13-19-18(21)14-8-6-9-15(12-14)22-3/h6-12,16H,4-5,13H2,1-3H3,(H,19,21). The molecule has 2 rings (SSSR count). The number of carbonyl (C=O) groups excluding carboxylic acids is 1. The average molecular weight is 332 g/mol. The Hall–Kier alpha value is -1.85. The predicted octanol–water partition coefficient (Wildman–Crippen LogP) is 3.57. The summed E-state index contributed by atoms with van der Waals surface area (Å²) in [4.78, 5) is 16.0. The van der Waals surface area contributed by atoms with Crippen LogP contribution in [0, 0.1) is 0 Å². The molecule has 1 aromatic carbocycles. The third kappa shape index (κ3) is 4.56. The Morgan fingerprint density at radius 1 is 1.26 bits per heavy atom. The van der Waals surface area contributed by atoms with Crippen molar-refractivity contribution >= 4 is 17.2 Å². The molecule has 5 heteroatoms. The molecule has 2 aromatic rings. The minimum Gasteiger partial charge on any atom is -0.497 e. The van der Waals surface area contributed by atoms with Crippen LogP contribution in [0.1, 0.15) is 35.1 Å². The number of thiophene rings is 1. The number of methoxy groups -OCH3 is 1. The Bertz CT molecular complexity index is 609. The second kappa shape index (κ2) is 8.70. The summed E-state index contributed by atoms with van der Waals surface area (Å²) >= 11 is 1.73. The Morgan fingerprint density at radius 2 is 2.04 bits per heavy atom. The lowest BCUT2D eigenvalue weighted by molar-refractivity contribution is 0.0935. The van der Waals surface area contributed by atoms with E-state index in [2.05, 4.69) is 41.6 Å². The highest BCUT2D eigenvalue weighted by Gasteiger charge is 2.20. The molecule has 0 radical (unpaired) electrons. The molecule has 1 aromatic heterocycles. The van der Waals surface area contributed by atoms with Crippen LogP contribution in [0.2, 0.25) is 0 Å². The summed E-state index contributed by atoms with van der Waals surface area (Å²) < 4.78 is 5.18. The third-order valence-corrected chi connectivity index (χ3v) is 4.89. The van der Waals surface area contributed by atoms with Crippen molar-refractivity contribution in [2.24, 2.45) is 0 Å². The third-order valence-electron chi connectivity index (χ3n) is 3.91. The number of hydrogen-bond acceptors (Lipinski definition) is 4. The summed E-state index contributed by atoms with van der Waals surface area (Å²) in [6.45, 7) is 6.79. The van der Waals surface area contributed by atoms with E-state index in [0.717, 1.165) is 13.1 Å². The van der Waals surface area contributed by atoms with Gasteiger partial charge in [0.15, 0.2) is 0 Å². The molecule has 0 aliphatic carbocycles. The van der Waals surface area contributed by atoms with Crippen molar-refractivity contribution in [1.82, 2.24) is 10.2 Å². The fraction of sp³-hybridized carbons (Fsp3) is 0.389. The number of ether oxygens (including phenoxy) is 1. The summed E-state index contributed by atoms with van der Waals surface area (Å²) in [5, 5.41) is 5.14. The fourth-order valence-corrected chi connectivity index (χ4v) is 3.47. The van der Waals surface area contributed by atoms with Crippen LogP contribution in [-0.4, -0.2) is 37.6 Å². The van der Waals surface area contributed by atoms with Crippen LogP contribution < -0.4 is 10.1 Å². The van der Waals surface area contributed by atoms with E-state index in [1.807, 2.05) is 12.1 Å². The number of nitrogens with one attached hydrogen (secondary N) is 1. The summed E-state index contributed by atoms with van der Waals surface area (Å²) in [5.74, 6) is 0.619. The Labute approximate surface area is 142 Å². The van der Waals surface area contributed by atoms with Crippen LogP contribution in [0.4, 0.5) is 0 Å². The highest BCUT2D eigenvalue weighted by atomic mass is 32.1. The fourth-order valence-electron chi connectivity index (χ4n) is 2.61. The Morgan fingerprint density at radius 3 is 2.65 bits per heavy atom. The molecule has 0 saturated carbocycles. The monoisotopic (exact) mass is 332 g/mol. The van der Waals surface area contributed by atoms with Crippen LogP contribution in [0.3, 0.4) is 0 Å². The van der Waals surface area contributed by atoms with Crippen molar-refractivity contribution in [2.75, 3.05) is 26.7 Å². The topological polar surface area (TPSA) is 41.6 Å². The number of amides is 1. The molecule has 0 aliphatic rings. The highest BCUT2D eigenvalue weighted by Crippen LogP contribution is 2.24. The molecule has 1 amide bonds. The van der Waals surface area contributed by atoms with Crippen LogP contribution in [0.15, 0.2) is 41.8 Å². The van der Waals surface area contributed by atoms with Gasteiger partial charge in [-0.15, -0.1) is 11.3 Å². The van der Waals surface area contributed by atoms with Gasteiger partial charge in [0.1, 0.15) is 5.75 Å². The summed E-state index contributed by atoms with van der Waals surface area (Å²) in [6.07, 6.45) is 0. The van der Waals surface area contributed by atoms with Gasteiger partial charge in [0.25, 0.3) is 5.91 Å². The van der Waals surface area contributed by atoms with E-state index in [4.69, 9.17) is 4.74 Å². The van der Waals surface area contributed by atoms with Gasteiger partial charge in [-0.3, -0.25) is 9.69 Å². The van der Waals surface area contributed by atoms with Gasteiger partial charge in [0.2, 0.25) is 0 Å². The lowest BCUT2D eigenvalue weighted by Gasteiger charge is -2.29. The summed E-state index contributed by atoms with van der Waals surface area (Å²) in [7, 11) is 1.60. The maximum atomic E-state index is 12.4. The van der Waals surface area contributed by atoms with Crippen molar-refractivity contribution in [3.8, 4) is 5.75 Å². The van der Waals surface area contributed by atoms with Gasteiger partial charge < -0.3 is 10.1 Å². The molecule has 124 valence electrons. The van der Waals surface area contributed by atoms with Crippen LogP contribution in [0.25, 0.3) is 0 Å². The van der Waals surface area contributed by atoms with Gasteiger partial charge in [0.05, 0.1) is 13.2 Å². The molecule has 1 unspecified atom stereocenters. The second-order valence-electron chi connectivity index (χ2n) is 5.19. The van der Waals surface area contributed by atoms with Gasteiger partial charge in [-0.25, -0.2) is 0 Å². The van der Waals surface area contributed by atoms with Gasteiger partial charge in [-0.05, 0) is 42.7 Å². The van der Waals surface area contributed by atoms with E-state index in [9.17, 15) is 4.79 Å². The normalized spacial score (nSPS) is 12.2. The molecule has 1 atom stereocenters. The van der Waals surface area contributed by atoms with E-state index in [1.165, 1.54) is 4.88 Å². The quantitative estimate of drug-likeness (QED) is 0.803. The van der Waals surface area contributed by atoms with Gasteiger partial charge in [-0.1, -0.05) is 26.0 Å². The summed E-state index contributed by atoms with van der Waals surface area (Å²) in [6, 6.07) is 11.6. The zero-order chi connectivity index (χ0) is 16.7. The zero-order valence-electron chi connectivity index (χ0n) is 13.9. The predicted molar refractivity (Wildman–Crippen MR) is 95.3 cm³/mol. The first-order chi connectivity index (χ1) is 11.2. The van der Waals surface area contributed by atoms with Gasteiger partial charge in [0, 0.05) is 17.0 Å². The van der Waals surface area contributed by atoms with Crippen LogP contribution >= 0.6 is 11.3 Å². The molecule has 0 saturated heterocycles. The zero-order valence-corrected chi connectivity index (χ0v) is 14.7. The molecule has 0 aliphatic heterocycles. The lowest BCUT2D eigenvalue weighted by atomic mass is 10.1. The van der Waals surface area contributed by atoms with Gasteiger partial charge in [-0.2, -0.15) is 0 Å². The summed E-state index contributed by atoms with van der Waals surface area (Å²) in [5.41, 5.74) is 0.619. The van der Waals surface area contributed by atoms with Crippen LogP contribution in [-0.2, 0) is 0 Å². The largest absolute Gasteiger partial charge is 0.497 e. The lowest BCUT2D eigenvalue weighted by Crippen LogP contribution is -2.37. The maximum absolute atomic E-state index is 12.4. The minimum absolute atomic E-state index is 0.0717. The number of carbonyl (C=O) groups is 1. The van der Waals surface area contributed by atoms with Crippen molar-refractivity contribution < 1.29 is 9.53 Å². The van der Waals surface area contributed by atoms with E-state index in [-0.39, 0.29) is 11.9 Å². The minimum atomic E-state index is -0.0717. The van der Waals surface area contributed by atoms with Crippen molar-refractivity contribution in [3.05, 3.63) is 52.2 Å². The van der Waals surface area contributed by atoms with Crippen molar-refractivity contribution in [1.29, 1.82) is 0 Å². The first kappa shape index (κ1) is 17.5. The van der Waals surface area contributed by atoms with E-state index in [0.29, 0.717) is 17.9 Å². The molecule has 0 bridgehead atoms. The number of rotatable bonds is 8. The average Bonchev–Trinajstić information content (AvgIpc) is 3.12.